The molecule has 0 aliphatic carbocycles. The third kappa shape index (κ3) is 12.5. The average molecular weight is 823 g/mol. The van der Waals surface area contributed by atoms with Crippen LogP contribution in [0.15, 0.2) is 182 Å². The first kappa shape index (κ1) is 42.6. The van der Waals surface area contributed by atoms with E-state index in [1.165, 1.54) is 0 Å². The number of hydrogen-bond donors (Lipinski definition) is 0. The van der Waals surface area contributed by atoms with Crippen molar-refractivity contribution in [2.45, 2.75) is 88.8 Å². The monoisotopic (exact) mass is 822 g/mol. The summed E-state index contributed by atoms with van der Waals surface area (Å²) in [5.74, 6) is 0. The van der Waals surface area contributed by atoms with Gasteiger partial charge in [0.15, 0.2) is 12.6 Å². The summed E-state index contributed by atoms with van der Waals surface area (Å²) in [6.45, 7) is 2.42. The molecule has 0 N–H and O–H groups in total. The maximum absolute atomic E-state index is 6.96. The van der Waals surface area contributed by atoms with Crippen molar-refractivity contribution < 1.29 is 42.6 Å². The van der Waals surface area contributed by atoms with E-state index in [4.69, 9.17) is 42.6 Å². The highest BCUT2D eigenvalue weighted by atomic mass is 16.8. The summed E-state index contributed by atoms with van der Waals surface area (Å²) in [5, 5.41) is 0. The Morgan fingerprint density at radius 2 is 0.525 bits per heavy atom. The minimum absolute atomic E-state index is 0.196. The molecule has 0 spiro atoms. The Morgan fingerprint density at radius 1 is 0.295 bits per heavy atom. The highest BCUT2D eigenvalue weighted by Crippen LogP contribution is 2.33. The van der Waals surface area contributed by atoms with Crippen molar-refractivity contribution in [2.24, 2.45) is 0 Å². The van der Waals surface area contributed by atoms with Crippen LogP contribution in [-0.2, 0) is 82.3 Å². The van der Waals surface area contributed by atoms with E-state index in [9.17, 15) is 0 Å². The Hall–Kier alpha value is -5.04. The summed E-state index contributed by atoms with van der Waals surface area (Å²) in [6.07, 6.45) is -5.41. The van der Waals surface area contributed by atoms with Gasteiger partial charge in [-0.25, -0.2) is 0 Å². The second-order valence-corrected chi connectivity index (χ2v) is 15.3. The first-order valence-electron chi connectivity index (χ1n) is 21.1. The fourth-order valence-electron chi connectivity index (χ4n) is 7.52. The fourth-order valence-corrected chi connectivity index (χ4v) is 7.52. The maximum Gasteiger partial charge on any atom is 0.189 e. The van der Waals surface area contributed by atoms with Crippen LogP contribution in [0.4, 0.5) is 0 Å². The van der Waals surface area contributed by atoms with Gasteiger partial charge in [-0.2, -0.15) is 0 Å². The molecule has 0 aromatic heterocycles. The molecule has 8 rings (SSSR count). The Labute approximate surface area is 359 Å². The van der Waals surface area contributed by atoms with Crippen LogP contribution in [0, 0.1) is 0 Å². The zero-order valence-electron chi connectivity index (χ0n) is 34.3. The van der Waals surface area contributed by atoms with Gasteiger partial charge >= 0.3 is 0 Å². The van der Waals surface area contributed by atoms with Gasteiger partial charge < -0.3 is 42.6 Å². The highest BCUT2D eigenvalue weighted by molar-refractivity contribution is 5.18. The Bertz CT molecular complexity index is 1940. The van der Waals surface area contributed by atoms with E-state index >= 15 is 0 Å². The summed E-state index contributed by atoms with van der Waals surface area (Å²) in [4.78, 5) is 0. The van der Waals surface area contributed by atoms with Gasteiger partial charge in [-0.3, -0.25) is 0 Å². The lowest BCUT2D eigenvalue weighted by Gasteiger charge is -2.46. The molecule has 0 bridgehead atoms. The van der Waals surface area contributed by atoms with Crippen LogP contribution < -0.4 is 0 Å². The van der Waals surface area contributed by atoms with Crippen LogP contribution >= 0.6 is 0 Å². The van der Waals surface area contributed by atoms with Crippen molar-refractivity contribution in [3.63, 3.8) is 0 Å². The van der Waals surface area contributed by atoms with Gasteiger partial charge in [-0.1, -0.05) is 182 Å². The molecule has 6 aromatic rings. The normalized spacial score (nSPS) is 24.0. The lowest BCUT2D eigenvalue weighted by atomic mass is 10.0. The highest BCUT2D eigenvalue weighted by Gasteiger charge is 2.49. The van der Waals surface area contributed by atoms with E-state index in [0.717, 1.165) is 33.4 Å². The number of ether oxygens (including phenoxy) is 9. The van der Waals surface area contributed by atoms with Crippen molar-refractivity contribution in [2.75, 3.05) is 13.2 Å². The van der Waals surface area contributed by atoms with E-state index in [1.807, 2.05) is 182 Å². The largest absolute Gasteiger partial charge is 0.368 e. The van der Waals surface area contributed by atoms with E-state index in [0.29, 0.717) is 39.6 Å². The van der Waals surface area contributed by atoms with Crippen LogP contribution in [0.5, 0.6) is 0 Å². The molecule has 2 heterocycles. The second-order valence-electron chi connectivity index (χ2n) is 15.3. The Kier molecular flexibility index (Phi) is 15.9. The number of rotatable bonds is 20. The molecule has 2 fully saturated rings. The lowest BCUT2D eigenvalue weighted by Crippen LogP contribution is -2.61. The van der Waals surface area contributed by atoms with E-state index in [-0.39, 0.29) is 13.2 Å². The summed E-state index contributed by atoms with van der Waals surface area (Å²) < 4.78 is 60.6. The predicted octanol–water partition coefficient (Wildman–Crippen LogP) is 9.23. The number of hydrogen-bond acceptors (Lipinski definition) is 9. The van der Waals surface area contributed by atoms with E-state index < -0.39 is 49.2 Å². The van der Waals surface area contributed by atoms with Crippen LogP contribution in [0.1, 0.15) is 33.4 Å². The number of benzene rings is 6. The van der Waals surface area contributed by atoms with Crippen LogP contribution in [0.2, 0.25) is 0 Å². The van der Waals surface area contributed by atoms with E-state index in [2.05, 4.69) is 0 Å². The summed E-state index contributed by atoms with van der Waals surface area (Å²) in [5.41, 5.74) is 6.15. The van der Waals surface area contributed by atoms with Crippen LogP contribution in [0.3, 0.4) is 0 Å². The van der Waals surface area contributed by atoms with Crippen molar-refractivity contribution in [1.82, 2.24) is 0 Å². The molecule has 6 aromatic carbocycles. The first-order chi connectivity index (χ1) is 30.2. The standard InChI is InChI=1S/C52H54O9/c1-7-19-39(20-8-1)31-53-45-37-59-51(49(57-35-43-27-15-5-16-28-43)47(45)55-33-41-23-11-3-12-24-41)61-52-50(58-36-44-29-17-6-18-30-44)48(56-34-42-25-13-4-14-26-42)46(38-60-52)54-32-40-21-9-2-10-22-40/h1-30,45-52H,31-38H2/t45-,46-,47+,48+,49-,50-,51-,52+/m1/s1. The SMILES string of the molecule is c1ccc(CO[C@@H]2[C@@H](OCc3ccccc3)[C@@H](O[C@@H]3OC[C@@H](OCc4ccccc4)[C@H](OCc4ccccc4)[C@H]3OCc3ccccc3)OC[C@H]2OCc2ccccc2)cc1. The van der Waals surface area contributed by atoms with Crippen molar-refractivity contribution >= 4 is 0 Å². The lowest BCUT2D eigenvalue weighted by molar-refractivity contribution is -0.370. The molecule has 61 heavy (non-hydrogen) atoms. The molecular weight excluding hydrogens is 769 g/mol. The third-order valence-electron chi connectivity index (χ3n) is 10.8. The average Bonchev–Trinajstić information content (AvgIpc) is 3.33. The van der Waals surface area contributed by atoms with Gasteiger partial charge in [0.05, 0.1) is 52.9 Å². The summed E-state index contributed by atoms with van der Waals surface area (Å²) in [7, 11) is 0. The van der Waals surface area contributed by atoms with Crippen molar-refractivity contribution in [3.8, 4) is 0 Å². The molecule has 0 saturated carbocycles. The van der Waals surface area contributed by atoms with Gasteiger partial charge in [0.2, 0.25) is 0 Å². The summed E-state index contributed by atoms with van der Waals surface area (Å²) in [6, 6.07) is 60.4. The molecule has 9 nitrogen and oxygen atoms in total. The van der Waals surface area contributed by atoms with Gasteiger partial charge in [-0.05, 0) is 33.4 Å². The van der Waals surface area contributed by atoms with Crippen molar-refractivity contribution in [1.29, 1.82) is 0 Å². The van der Waals surface area contributed by atoms with Crippen molar-refractivity contribution in [3.05, 3.63) is 215 Å². The smallest absolute Gasteiger partial charge is 0.189 e. The molecule has 2 aliphatic rings. The third-order valence-corrected chi connectivity index (χ3v) is 10.8. The molecule has 2 saturated heterocycles. The minimum Gasteiger partial charge on any atom is -0.368 e. The molecule has 0 radical (unpaired) electrons. The maximum atomic E-state index is 6.96. The fraction of sp³-hybridized carbons (Fsp3) is 0.308. The molecule has 0 amide bonds. The zero-order chi connectivity index (χ0) is 41.3. The van der Waals surface area contributed by atoms with Gasteiger partial charge in [0.25, 0.3) is 0 Å². The molecule has 2 aliphatic heterocycles. The zero-order valence-corrected chi connectivity index (χ0v) is 34.3. The summed E-state index contributed by atoms with van der Waals surface area (Å²) >= 11 is 0. The Balaban J connectivity index is 1.08. The van der Waals surface area contributed by atoms with Gasteiger partial charge in [-0.15, -0.1) is 0 Å². The molecule has 316 valence electrons. The van der Waals surface area contributed by atoms with Crippen LogP contribution in [0.25, 0.3) is 0 Å². The quantitative estimate of drug-likeness (QED) is 0.0749. The van der Waals surface area contributed by atoms with E-state index in [1.54, 1.807) is 0 Å². The molecular formula is C52H54O9. The molecule has 0 unspecified atom stereocenters. The first-order valence-corrected chi connectivity index (χ1v) is 21.1. The second kappa shape index (κ2) is 22.7. The van der Waals surface area contributed by atoms with Crippen LogP contribution in [-0.4, -0.2) is 62.4 Å². The topological polar surface area (TPSA) is 83.1 Å². The Morgan fingerprint density at radius 3 is 0.787 bits per heavy atom. The molecule has 9 heteroatoms. The predicted molar refractivity (Wildman–Crippen MR) is 231 cm³/mol. The van der Waals surface area contributed by atoms with Gasteiger partial charge in [0, 0.05) is 0 Å². The molecule has 8 atom stereocenters. The van der Waals surface area contributed by atoms with Gasteiger partial charge in [0.1, 0.15) is 36.6 Å². The minimum atomic E-state index is -0.926.